The van der Waals surface area contributed by atoms with E-state index in [9.17, 15) is 4.39 Å². The highest BCUT2D eigenvalue weighted by molar-refractivity contribution is 5.31. The van der Waals surface area contributed by atoms with E-state index in [1.54, 1.807) is 6.07 Å². The van der Waals surface area contributed by atoms with Gasteiger partial charge >= 0.3 is 0 Å². The first kappa shape index (κ1) is 12.0. The summed E-state index contributed by atoms with van der Waals surface area (Å²) in [5.41, 5.74) is 0.922. The Hall–Kier alpha value is -1.09. The van der Waals surface area contributed by atoms with Crippen LogP contribution in [0.4, 0.5) is 4.39 Å². The lowest BCUT2D eigenvalue weighted by molar-refractivity contribution is 0.231. The summed E-state index contributed by atoms with van der Waals surface area (Å²) < 4.78 is 18.9. The van der Waals surface area contributed by atoms with Gasteiger partial charge in [0.25, 0.3) is 0 Å². The molecule has 0 spiro atoms. The van der Waals surface area contributed by atoms with Crippen LogP contribution < -0.4 is 10.1 Å². The van der Waals surface area contributed by atoms with E-state index in [1.807, 2.05) is 33.9 Å². The van der Waals surface area contributed by atoms with E-state index in [-0.39, 0.29) is 18.0 Å². The van der Waals surface area contributed by atoms with Gasteiger partial charge in [-0.3, -0.25) is 0 Å². The molecular formula is C12H18FNO. The molecule has 84 valence electrons. The quantitative estimate of drug-likeness (QED) is 0.826. The molecule has 0 aliphatic heterocycles. The maximum absolute atomic E-state index is 13.6. The molecule has 0 fully saturated rings. The van der Waals surface area contributed by atoms with E-state index in [2.05, 4.69) is 5.32 Å². The largest absolute Gasteiger partial charge is 0.488 e. The zero-order chi connectivity index (χ0) is 11.4. The number of halogens is 1. The number of hydrogen-bond donors (Lipinski definition) is 1. The molecule has 0 saturated carbocycles. The summed E-state index contributed by atoms with van der Waals surface area (Å²) >= 11 is 0. The number of benzene rings is 1. The molecule has 0 aliphatic carbocycles. The van der Waals surface area contributed by atoms with Crippen LogP contribution in [0.5, 0.6) is 5.75 Å². The van der Waals surface area contributed by atoms with Gasteiger partial charge in [-0.1, -0.05) is 6.07 Å². The second-order valence-corrected chi connectivity index (χ2v) is 3.87. The molecule has 0 bridgehead atoms. The minimum Gasteiger partial charge on any atom is -0.488 e. The molecule has 0 amide bonds. The Balaban J connectivity index is 2.88. The molecule has 2 nitrogen and oxygen atoms in total. The number of ether oxygens (including phenoxy) is 1. The lowest BCUT2D eigenvalue weighted by atomic mass is 10.1. The topological polar surface area (TPSA) is 21.3 Å². The van der Waals surface area contributed by atoms with Crippen LogP contribution in [0, 0.1) is 5.82 Å². The normalized spacial score (nSPS) is 12.9. The molecule has 0 aromatic heterocycles. The van der Waals surface area contributed by atoms with Crippen LogP contribution >= 0.6 is 0 Å². The minimum atomic E-state index is -0.302. The Morgan fingerprint density at radius 1 is 1.27 bits per heavy atom. The lowest BCUT2D eigenvalue weighted by Crippen LogP contribution is -2.13. The van der Waals surface area contributed by atoms with E-state index < -0.39 is 0 Å². The predicted molar refractivity (Wildman–Crippen MR) is 59.6 cm³/mol. The molecule has 0 saturated heterocycles. The van der Waals surface area contributed by atoms with Gasteiger partial charge in [-0.25, -0.2) is 4.39 Å². The summed E-state index contributed by atoms with van der Waals surface area (Å²) in [5.74, 6) is 0.0142. The summed E-state index contributed by atoms with van der Waals surface area (Å²) in [7, 11) is 1.85. The van der Waals surface area contributed by atoms with Gasteiger partial charge in [-0.05, 0) is 45.5 Å². The highest BCUT2D eigenvalue weighted by atomic mass is 19.1. The molecule has 0 unspecified atom stereocenters. The van der Waals surface area contributed by atoms with Crippen LogP contribution in [0.2, 0.25) is 0 Å². The van der Waals surface area contributed by atoms with Gasteiger partial charge in [0.05, 0.1) is 6.10 Å². The average molecular weight is 211 g/mol. The first-order valence-corrected chi connectivity index (χ1v) is 5.18. The van der Waals surface area contributed by atoms with Crippen LogP contribution in [0.3, 0.4) is 0 Å². The second kappa shape index (κ2) is 5.12. The molecular weight excluding hydrogens is 193 g/mol. The van der Waals surface area contributed by atoms with Crippen LogP contribution in [0.25, 0.3) is 0 Å². The fourth-order valence-electron chi connectivity index (χ4n) is 1.30. The van der Waals surface area contributed by atoms with Crippen molar-refractivity contribution >= 4 is 0 Å². The van der Waals surface area contributed by atoms with Crippen molar-refractivity contribution in [3.8, 4) is 5.75 Å². The van der Waals surface area contributed by atoms with Gasteiger partial charge in [-0.15, -0.1) is 0 Å². The SMILES string of the molecule is CN[C@H](C)c1ccc(OC(C)C)c(F)c1. The molecule has 0 heterocycles. The number of nitrogens with one attached hydrogen (secondary N) is 1. The Labute approximate surface area is 90.4 Å². The standard InChI is InChI=1S/C12H18FNO/c1-8(2)15-12-6-5-10(7-11(12)13)9(3)14-4/h5-9,14H,1-4H3/t9-/m1/s1. The molecule has 15 heavy (non-hydrogen) atoms. The molecule has 1 rings (SSSR count). The highest BCUT2D eigenvalue weighted by Gasteiger charge is 2.09. The van der Waals surface area contributed by atoms with Gasteiger partial charge in [-0.2, -0.15) is 0 Å². The van der Waals surface area contributed by atoms with E-state index in [0.29, 0.717) is 5.75 Å². The minimum absolute atomic E-state index is 0.00734. The van der Waals surface area contributed by atoms with Crippen LogP contribution in [0.15, 0.2) is 18.2 Å². The van der Waals surface area contributed by atoms with E-state index in [1.165, 1.54) is 6.07 Å². The molecule has 1 N–H and O–H groups in total. The first-order valence-electron chi connectivity index (χ1n) is 5.18. The Bertz CT molecular complexity index is 325. The average Bonchev–Trinajstić information content (AvgIpc) is 2.19. The van der Waals surface area contributed by atoms with Crippen LogP contribution in [0.1, 0.15) is 32.4 Å². The summed E-state index contributed by atoms with van der Waals surface area (Å²) in [5, 5.41) is 3.06. The number of rotatable bonds is 4. The smallest absolute Gasteiger partial charge is 0.165 e. The first-order chi connectivity index (χ1) is 7.04. The van der Waals surface area contributed by atoms with Crippen molar-refractivity contribution in [2.45, 2.75) is 32.9 Å². The molecule has 0 aliphatic rings. The summed E-state index contributed by atoms with van der Waals surface area (Å²) in [6, 6.07) is 5.21. The van der Waals surface area contributed by atoms with Gasteiger partial charge in [0.1, 0.15) is 0 Å². The third kappa shape index (κ3) is 3.20. The Kier molecular flexibility index (Phi) is 4.09. The monoisotopic (exact) mass is 211 g/mol. The van der Waals surface area contributed by atoms with Crippen molar-refractivity contribution in [3.63, 3.8) is 0 Å². The summed E-state index contributed by atoms with van der Waals surface area (Å²) in [6.07, 6.45) is -0.00734. The van der Waals surface area contributed by atoms with Crippen molar-refractivity contribution < 1.29 is 9.13 Å². The molecule has 1 aromatic rings. The lowest BCUT2D eigenvalue weighted by Gasteiger charge is -2.14. The van der Waals surface area contributed by atoms with E-state index in [0.717, 1.165) is 5.56 Å². The molecule has 3 heteroatoms. The van der Waals surface area contributed by atoms with E-state index >= 15 is 0 Å². The fraction of sp³-hybridized carbons (Fsp3) is 0.500. The molecule has 1 aromatic carbocycles. The van der Waals surface area contributed by atoms with Crippen molar-refractivity contribution in [2.24, 2.45) is 0 Å². The van der Waals surface area contributed by atoms with Gasteiger partial charge in [0, 0.05) is 6.04 Å². The van der Waals surface area contributed by atoms with Crippen LogP contribution in [-0.2, 0) is 0 Å². The fourth-order valence-corrected chi connectivity index (χ4v) is 1.30. The Morgan fingerprint density at radius 2 is 1.93 bits per heavy atom. The zero-order valence-corrected chi connectivity index (χ0v) is 9.67. The third-order valence-electron chi connectivity index (χ3n) is 2.25. The molecule has 1 atom stereocenters. The zero-order valence-electron chi connectivity index (χ0n) is 9.67. The van der Waals surface area contributed by atoms with E-state index in [4.69, 9.17) is 4.74 Å². The van der Waals surface area contributed by atoms with Gasteiger partial charge in [0.2, 0.25) is 0 Å². The highest BCUT2D eigenvalue weighted by Crippen LogP contribution is 2.22. The van der Waals surface area contributed by atoms with Gasteiger partial charge < -0.3 is 10.1 Å². The summed E-state index contributed by atoms with van der Waals surface area (Å²) in [6.45, 7) is 5.74. The van der Waals surface area contributed by atoms with Gasteiger partial charge in [0.15, 0.2) is 11.6 Å². The Morgan fingerprint density at radius 3 is 2.40 bits per heavy atom. The second-order valence-electron chi connectivity index (χ2n) is 3.87. The summed E-state index contributed by atoms with van der Waals surface area (Å²) in [4.78, 5) is 0. The third-order valence-corrected chi connectivity index (χ3v) is 2.25. The maximum atomic E-state index is 13.6. The van der Waals surface area contributed by atoms with Crippen molar-refractivity contribution in [2.75, 3.05) is 7.05 Å². The van der Waals surface area contributed by atoms with Crippen molar-refractivity contribution in [3.05, 3.63) is 29.6 Å². The maximum Gasteiger partial charge on any atom is 0.165 e. The number of hydrogen-bond acceptors (Lipinski definition) is 2. The molecule has 0 radical (unpaired) electrons. The predicted octanol–water partition coefficient (Wildman–Crippen LogP) is 2.89. The van der Waals surface area contributed by atoms with Crippen LogP contribution in [-0.4, -0.2) is 13.2 Å². The van der Waals surface area contributed by atoms with Crippen molar-refractivity contribution in [1.82, 2.24) is 5.32 Å². The van der Waals surface area contributed by atoms with Crippen molar-refractivity contribution in [1.29, 1.82) is 0 Å².